The molecule has 0 bridgehead atoms. The van der Waals surface area contributed by atoms with Crippen LogP contribution in [0.4, 0.5) is 9.59 Å². The Morgan fingerprint density at radius 1 is 1.19 bits per heavy atom. The van der Waals surface area contributed by atoms with Gasteiger partial charge in [0.05, 0.1) is 18.2 Å². The molecule has 4 amide bonds. The molecule has 2 atom stereocenters. The van der Waals surface area contributed by atoms with Crippen LogP contribution in [0.5, 0.6) is 0 Å². The van der Waals surface area contributed by atoms with Crippen LogP contribution < -0.4 is 10.6 Å². The number of urea groups is 2. The molecule has 0 saturated carbocycles. The lowest BCUT2D eigenvalue weighted by Gasteiger charge is -2.43. The van der Waals surface area contributed by atoms with Crippen molar-refractivity contribution < 1.29 is 19.1 Å². The molecule has 1 aromatic rings. The first-order valence-electron chi connectivity index (χ1n) is 12.6. The van der Waals surface area contributed by atoms with Crippen molar-refractivity contribution in [3.8, 4) is 0 Å². The van der Waals surface area contributed by atoms with Crippen molar-refractivity contribution in [3.05, 3.63) is 45.1 Å². The second kappa shape index (κ2) is 11.9. The number of piperazine rings is 1. The van der Waals surface area contributed by atoms with Crippen LogP contribution in [0.25, 0.3) is 0 Å². The summed E-state index contributed by atoms with van der Waals surface area (Å²) in [5.41, 5.74) is 1.14. The Morgan fingerprint density at radius 3 is 2.46 bits per heavy atom. The first kappa shape index (κ1) is 29.1. The Kier molecular flexibility index (Phi) is 9.37. The van der Waals surface area contributed by atoms with E-state index >= 15 is 0 Å². The molecule has 0 radical (unpaired) electrons. The lowest BCUT2D eigenvalue weighted by atomic mass is 9.94. The number of nitrogens with one attached hydrogen (secondary N) is 2. The topological polar surface area (TPSA) is 94.2 Å². The van der Waals surface area contributed by atoms with Crippen LogP contribution in [-0.2, 0) is 9.53 Å². The van der Waals surface area contributed by atoms with E-state index in [-0.39, 0.29) is 30.2 Å². The fourth-order valence-corrected chi connectivity index (χ4v) is 5.23. The average Bonchev–Trinajstić information content (AvgIpc) is 2.78. The quantitative estimate of drug-likeness (QED) is 0.509. The summed E-state index contributed by atoms with van der Waals surface area (Å²) in [7, 11) is 0. The molecule has 2 N–H and O–H groups in total. The van der Waals surface area contributed by atoms with E-state index in [4.69, 9.17) is 27.9 Å². The normalized spacial score (nSPS) is 21.1. The third-order valence-corrected chi connectivity index (χ3v) is 6.91. The minimum atomic E-state index is -0.787. The van der Waals surface area contributed by atoms with E-state index in [9.17, 15) is 14.4 Å². The van der Waals surface area contributed by atoms with Gasteiger partial charge in [-0.05, 0) is 59.2 Å². The van der Waals surface area contributed by atoms with Gasteiger partial charge < -0.3 is 20.3 Å². The van der Waals surface area contributed by atoms with E-state index in [0.717, 1.165) is 0 Å². The van der Waals surface area contributed by atoms with Gasteiger partial charge in [-0.15, -0.1) is 0 Å². The number of likely N-dealkylation sites (N-methyl/N-ethyl adjacent to an activating group) is 1. The minimum Gasteiger partial charge on any atom is -0.463 e. The Balaban J connectivity index is 1.96. The molecule has 0 aliphatic carbocycles. The van der Waals surface area contributed by atoms with Gasteiger partial charge in [-0.25, -0.2) is 14.4 Å². The average molecular weight is 555 g/mol. The zero-order valence-electron chi connectivity index (χ0n) is 22.4. The number of carbonyl (C=O) groups excluding carboxylic acids is 3. The van der Waals surface area contributed by atoms with Gasteiger partial charge in [-0.1, -0.05) is 29.3 Å². The Labute approximate surface area is 229 Å². The fourth-order valence-electron chi connectivity index (χ4n) is 4.71. The summed E-state index contributed by atoms with van der Waals surface area (Å²) >= 11 is 12.6. The number of hydrogen-bond donors (Lipinski definition) is 2. The summed E-state index contributed by atoms with van der Waals surface area (Å²) in [5, 5.41) is 6.74. The van der Waals surface area contributed by atoms with Gasteiger partial charge in [0.2, 0.25) is 0 Å². The van der Waals surface area contributed by atoms with Crippen LogP contribution >= 0.6 is 23.2 Å². The summed E-state index contributed by atoms with van der Waals surface area (Å²) in [6.07, 6.45) is 0. The number of nitrogens with zero attached hydrogens (tertiary/aromatic N) is 3. The molecule has 0 spiro atoms. The lowest BCUT2D eigenvalue weighted by molar-refractivity contribution is -0.139. The van der Waals surface area contributed by atoms with Gasteiger partial charge in [0, 0.05) is 60.0 Å². The molecule has 1 aromatic carbocycles. The van der Waals surface area contributed by atoms with Crippen LogP contribution in [0.3, 0.4) is 0 Å². The second-order valence-corrected chi connectivity index (χ2v) is 11.2. The van der Waals surface area contributed by atoms with Gasteiger partial charge in [-0.3, -0.25) is 9.80 Å². The standard InChI is InChI=1S/C26H37Cl2N5O4/c1-7-32-20(15-31-11-12-33(16(3)14-31)25(36)30-26(4,5)6)21(23(34)37-8-2)22(29-24(32)35)18-10-9-17(27)13-19(18)28/h9-10,13,16,22H,7-8,11-12,14-15H2,1-6H3,(H,29,35)(H,30,36). The smallest absolute Gasteiger partial charge is 0.338 e. The molecule has 11 heteroatoms. The number of carbonyl (C=O) groups is 3. The number of halogens is 2. The number of benzene rings is 1. The van der Waals surface area contributed by atoms with E-state index in [1.54, 1.807) is 30.0 Å². The monoisotopic (exact) mass is 553 g/mol. The zero-order chi connectivity index (χ0) is 27.5. The van der Waals surface area contributed by atoms with Crippen molar-refractivity contribution in [3.63, 3.8) is 0 Å². The third-order valence-electron chi connectivity index (χ3n) is 6.35. The Hall–Kier alpha value is -2.49. The highest BCUT2D eigenvalue weighted by Crippen LogP contribution is 2.36. The summed E-state index contributed by atoms with van der Waals surface area (Å²) in [6.45, 7) is 14.0. The van der Waals surface area contributed by atoms with Gasteiger partial charge in [-0.2, -0.15) is 0 Å². The van der Waals surface area contributed by atoms with Gasteiger partial charge in [0.15, 0.2) is 0 Å². The van der Waals surface area contributed by atoms with Crippen molar-refractivity contribution >= 4 is 41.2 Å². The Bertz CT molecular complexity index is 1070. The molecule has 2 aliphatic heterocycles. The molecule has 1 saturated heterocycles. The van der Waals surface area contributed by atoms with Crippen LogP contribution in [0.1, 0.15) is 53.1 Å². The van der Waals surface area contributed by atoms with E-state index in [0.29, 0.717) is 59.6 Å². The molecule has 0 aromatic heterocycles. The van der Waals surface area contributed by atoms with Crippen LogP contribution in [0.15, 0.2) is 29.5 Å². The number of esters is 1. The number of ether oxygens (including phenoxy) is 1. The first-order chi connectivity index (χ1) is 17.4. The lowest BCUT2D eigenvalue weighted by Crippen LogP contribution is -2.59. The van der Waals surface area contributed by atoms with E-state index < -0.39 is 12.0 Å². The molecule has 9 nitrogen and oxygen atoms in total. The molecule has 204 valence electrons. The molecular formula is C26H37Cl2N5O4. The highest BCUT2D eigenvalue weighted by molar-refractivity contribution is 6.35. The summed E-state index contributed by atoms with van der Waals surface area (Å²) in [4.78, 5) is 44.8. The maximum Gasteiger partial charge on any atom is 0.338 e. The maximum atomic E-state index is 13.3. The van der Waals surface area contributed by atoms with Crippen LogP contribution in [0.2, 0.25) is 10.0 Å². The van der Waals surface area contributed by atoms with E-state index in [2.05, 4.69) is 15.5 Å². The molecule has 2 unspecified atom stereocenters. The highest BCUT2D eigenvalue weighted by atomic mass is 35.5. The summed E-state index contributed by atoms with van der Waals surface area (Å²) in [6, 6.07) is 3.70. The third kappa shape index (κ3) is 6.89. The van der Waals surface area contributed by atoms with Crippen molar-refractivity contribution in [2.75, 3.05) is 39.3 Å². The minimum absolute atomic E-state index is 0.0586. The van der Waals surface area contributed by atoms with E-state index in [1.165, 1.54) is 0 Å². The van der Waals surface area contributed by atoms with Crippen molar-refractivity contribution in [1.82, 2.24) is 25.3 Å². The molecule has 1 fully saturated rings. The van der Waals surface area contributed by atoms with Crippen molar-refractivity contribution in [2.45, 2.75) is 59.2 Å². The SMILES string of the molecule is CCOC(=O)C1=C(CN2CCN(C(=O)NC(C)(C)C)C(C)C2)N(CC)C(=O)NC1c1ccc(Cl)cc1Cl. The van der Waals surface area contributed by atoms with Gasteiger partial charge in [0.25, 0.3) is 0 Å². The van der Waals surface area contributed by atoms with Crippen molar-refractivity contribution in [2.24, 2.45) is 0 Å². The number of amides is 4. The predicted octanol–water partition coefficient (Wildman–Crippen LogP) is 4.41. The highest BCUT2D eigenvalue weighted by Gasteiger charge is 2.40. The molecule has 2 heterocycles. The van der Waals surface area contributed by atoms with E-state index in [1.807, 2.05) is 39.5 Å². The van der Waals surface area contributed by atoms with Crippen molar-refractivity contribution in [1.29, 1.82) is 0 Å². The first-order valence-corrected chi connectivity index (χ1v) is 13.4. The fraction of sp³-hybridized carbons (Fsp3) is 0.577. The van der Waals surface area contributed by atoms with Gasteiger partial charge >= 0.3 is 18.0 Å². The summed E-state index contributed by atoms with van der Waals surface area (Å²) in [5.74, 6) is -0.511. The number of rotatable bonds is 6. The zero-order valence-corrected chi connectivity index (χ0v) is 23.9. The number of hydrogen-bond acceptors (Lipinski definition) is 5. The predicted molar refractivity (Wildman–Crippen MR) is 145 cm³/mol. The maximum absolute atomic E-state index is 13.3. The van der Waals surface area contributed by atoms with Crippen LogP contribution in [-0.4, -0.2) is 83.6 Å². The van der Waals surface area contributed by atoms with Crippen LogP contribution in [0, 0.1) is 0 Å². The molecule has 37 heavy (non-hydrogen) atoms. The molecular weight excluding hydrogens is 517 g/mol. The second-order valence-electron chi connectivity index (χ2n) is 10.3. The molecule has 2 aliphatic rings. The molecule has 3 rings (SSSR count). The van der Waals surface area contributed by atoms with Gasteiger partial charge in [0.1, 0.15) is 0 Å². The largest absolute Gasteiger partial charge is 0.463 e. The Morgan fingerprint density at radius 2 is 1.89 bits per heavy atom. The summed E-state index contributed by atoms with van der Waals surface area (Å²) < 4.78 is 5.44.